The van der Waals surface area contributed by atoms with Crippen molar-refractivity contribution in [1.29, 1.82) is 0 Å². The van der Waals surface area contributed by atoms with Crippen molar-refractivity contribution in [3.05, 3.63) is 58.1 Å². The molecule has 0 fully saturated rings. The first-order chi connectivity index (χ1) is 11.4. The number of methoxy groups -OCH3 is 1. The Morgan fingerprint density at radius 2 is 1.96 bits per heavy atom. The molecule has 2 rings (SSSR count). The van der Waals surface area contributed by atoms with Gasteiger partial charge in [-0.05, 0) is 62.7 Å². The minimum Gasteiger partial charge on any atom is -0.496 e. The number of hydrogen-bond donors (Lipinski definition) is 1. The molecule has 0 spiro atoms. The summed E-state index contributed by atoms with van der Waals surface area (Å²) >= 11 is 5.94. The van der Waals surface area contributed by atoms with E-state index in [0.717, 1.165) is 16.8 Å². The molecule has 0 saturated carbocycles. The van der Waals surface area contributed by atoms with Gasteiger partial charge in [-0.1, -0.05) is 11.6 Å². The second-order valence-electron chi connectivity index (χ2n) is 5.80. The molecule has 0 atom stereocenters. The Balaban J connectivity index is 2.20. The van der Waals surface area contributed by atoms with Gasteiger partial charge in [-0.15, -0.1) is 0 Å². The predicted octanol–water partition coefficient (Wildman–Crippen LogP) is 4.83. The Morgan fingerprint density at radius 1 is 1.21 bits per heavy atom. The van der Waals surface area contributed by atoms with E-state index in [4.69, 9.17) is 21.1 Å². The van der Waals surface area contributed by atoms with E-state index in [9.17, 15) is 4.79 Å². The number of hydrogen-bond acceptors (Lipinski definition) is 3. The van der Waals surface area contributed by atoms with Crippen molar-refractivity contribution in [3.8, 4) is 5.75 Å². The third kappa shape index (κ3) is 4.73. The van der Waals surface area contributed by atoms with Crippen molar-refractivity contribution in [2.45, 2.75) is 33.5 Å². The molecular weight excluding hydrogens is 326 g/mol. The van der Waals surface area contributed by atoms with Crippen LogP contribution in [0, 0.1) is 6.92 Å². The first-order valence-corrected chi connectivity index (χ1v) is 8.14. The second kappa shape index (κ2) is 8.18. The third-order valence-corrected chi connectivity index (χ3v) is 3.79. The number of rotatable bonds is 6. The molecule has 1 N–H and O–H groups in total. The molecule has 0 aliphatic carbocycles. The molecule has 0 aliphatic heterocycles. The summed E-state index contributed by atoms with van der Waals surface area (Å²) in [6.07, 6.45) is 0.101. The quantitative estimate of drug-likeness (QED) is 0.813. The highest BCUT2D eigenvalue weighted by Gasteiger charge is 2.12. The van der Waals surface area contributed by atoms with Gasteiger partial charge in [0.25, 0.3) is 5.91 Å². The van der Waals surface area contributed by atoms with Crippen molar-refractivity contribution in [3.63, 3.8) is 0 Å². The highest BCUT2D eigenvalue weighted by atomic mass is 35.5. The smallest absolute Gasteiger partial charge is 0.255 e. The molecule has 128 valence electrons. The van der Waals surface area contributed by atoms with Gasteiger partial charge in [0.15, 0.2) is 0 Å². The van der Waals surface area contributed by atoms with Gasteiger partial charge in [-0.2, -0.15) is 0 Å². The van der Waals surface area contributed by atoms with Crippen LogP contribution >= 0.6 is 11.6 Å². The van der Waals surface area contributed by atoms with E-state index in [1.807, 2.05) is 26.8 Å². The summed E-state index contributed by atoms with van der Waals surface area (Å²) in [6.45, 7) is 6.22. The van der Waals surface area contributed by atoms with E-state index in [-0.39, 0.29) is 12.0 Å². The summed E-state index contributed by atoms with van der Waals surface area (Å²) in [7, 11) is 1.60. The molecular formula is C19H22ClNO3. The van der Waals surface area contributed by atoms with Crippen molar-refractivity contribution in [2.75, 3.05) is 12.4 Å². The van der Waals surface area contributed by atoms with E-state index in [2.05, 4.69) is 5.32 Å². The van der Waals surface area contributed by atoms with Crippen molar-refractivity contribution < 1.29 is 14.3 Å². The van der Waals surface area contributed by atoms with Crippen LogP contribution in [0.15, 0.2) is 36.4 Å². The number of ether oxygens (including phenoxy) is 2. The zero-order valence-electron chi connectivity index (χ0n) is 14.4. The number of anilines is 1. The molecule has 0 heterocycles. The molecule has 2 aromatic carbocycles. The molecule has 0 bridgehead atoms. The molecule has 5 heteroatoms. The van der Waals surface area contributed by atoms with E-state index < -0.39 is 0 Å². The van der Waals surface area contributed by atoms with Gasteiger partial charge in [0.2, 0.25) is 0 Å². The summed E-state index contributed by atoms with van der Waals surface area (Å²) in [5.74, 6) is 0.517. The fraction of sp³-hybridized carbons (Fsp3) is 0.316. The van der Waals surface area contributed by atoms with E-state index >= 15 is 0 Å². The summed E-state index contributed by atoms with van der Waals surface area (Å²) in [5, 5.41) is 3.55. The summed E-state index contributed by atoms with van der Waals surface area (Å²) < 4.78 is 11.0. The number of benzene rings is 2. The van der Waals surface area contributed by atoms with Crippen molar-refractivity contribution >= 4 is 23.2 Å². The Morgan fingerprint density at radius 3 is 2.58 bits per heavy atom. The Hall–Kier alpha value is -2.04. The van der Waals surface area contributed by atoms with Crippen LogP contribution in [0.1, 0.15) is 35.3 Å². The number of nitrogens with one attached hydrogen (secondary N) is 1. The highest BCUT2D eigenvalue weighted by Crippen LogP contribution is 2.24. The standard InChI is InChI=1S/C19H22ClNO3/c1-12(2)24-11-15-10-14(5-8-18(15)23-4)19(22)21-17-7-6-16(20)9-13(17)3/h5-10,12H,11H2,1-4H3,(H,21,22). The van der Waals surface area contributed by atoms with Crippen LogP contribution < -0.4 is 10.1 Å². The summed E-state index contributed by atoms with van der Waals surface area (Å²) in [6, 6.07) is 10.7. The Labute approximate surface area is 147 Å². The molecule has 0 saturated heterocycles. The minimum absolute atomic E-state index is 0.101. The van der Waals surface area contributed by atoms with E-state index in [1.54, 1.807) is 37.4 Å². The largest absolute Gasteiger partial charge is 0.496 e. The van der Waals surface area contributed by atoms with Crippen LogP contribution in [-0.2, 0) is 11.3 Å². The maximum atomic E-state index is 12.5. The molecule has 0 radical (unpaired) electrons. The van der Waals surface area contributed by atoms with Gasteiger partial charge in [0, 0.05) is 21.8 Å². The van der Waals surface area contributed by atoms with Gasteiger partial charge in [0.05, 0.1) is 19.8 Å². The average Bonchev–Trinajstić information content (AvgIpc) is 2.55. The molecule has 1 amide bonds. The second-order valence-corrected chi connectivity index (χ2v) is 6.24. The first-order valence-electron chi connectivity index (χ1n) is 7.76. The number of halogens is 1. The van der Waals surface area contributed by atoms with Crippen LogP contribution in [0.25, 0.3) is 0 Å². The van der Waals surface area contributed by atoms with E-state index in [0.29, 0.717) is 22.9 Å². The maximum Gasteiger partial charge on any atom is 0.255 e. The molecule has 4 nitrogen and oxygen atoms in total. The van der Waals surface area contributed by atoms with Crippen LogP contribution in [0.2, 0.25) is 5.02 Å². The van der Waals surface area contributed by atoms with Crippen LogP contribution in [0.5, 0.6) is 5.75 Å². The SMILES string of the molecule is COc1ccc(C(=O)Nc2ccc(Cl)cc2C)cc1COC(C)C. The molecule has 0 unspecified atom stereocenters. The zero-order chi connectivity index (χ0) is 17.7. The van der Waals surface area contributed by atoms with Gasteiger partial charge in [-0.3, -0.25) is 4.79 Å². The predicted molar refractivity (Wildman–Crippen MR) is 97.1 cm³/mol. The monoisotopic (exact) mass is 347 g/mol. The number of carbonyl (C=O) groups excluding carboxylic acids is 1. The number of carbonyl (C=O) groups is 1. The molecule has 0 aliphatic rings. The lowest BCUT2D eigenvalue weighted by molar-refractivity contribution is 0.0644. The topological polar surface area (TPSA) is 47.6 Å². The van der Waals surface area contributed by atoms with E-state index in [1.165, 1.54) is 0 Å². The molecule has 24 heavy (non-hydrogen) atoms. The average molecular weight is 348 g/mol. The van der Waals surface area contributed by atoms with Crippen LogP contribution in [0.3, 0.4) is 0 Å². The van der Waals surface area contributed by atoms with Crippen molar-refractivity contribution in [2.24, 2.45) is 0 Å². The van der Waals surface area contributed by atoms with Gasteiger partial charge >= 0.3 is 0 Å². The Kier molecular flexibility index (Phi) is 6.23. The number of aryl methyl sites for hydroxylation is 1. The van der Waals surface area contributed by atoms with Gasteiger partial charge in [-0.25, -0.2) is 0 Å². The molecule has 2 aromatic rings. The minimum atomic E-state index is -0.186. The number of amides is 1. The third-order valence-electron chi connectivity index (χ3n) is 3.55. The summed E-state index contributed by atoms with van der Waals surface area (Å²) in [5.41, 5.74) is 3.03. The van der Waals surface area contributed by atoms with Gasteiger partial charge in [0.1, 0.15) is 5.75 Å². The maximum absolute atomic E-state index is 12.5. The van der Waals surface area contributed by atoms with Crippen LogP contribution in [0.4, 0.5) is 5.69 Å². The lowest BCUT2D eigenvalue weighted by Gasteiger charge is -2.14. The summed E-state index contributed by atoms with van der Waals surface area (Å²) in [4.78, 5) is 12.5. The fourth-order valence-corrected chi connectivity index (χ4v) is 2.48. The Bertz CT molecular complexity index is 729. The highest BCUT2D eigenvalue weighted by molar-refractivity contribution is 6.30. The van der Waals surface area contributed by atoms with Gasteiger partial charge < -0.3 is 14.8 Å². The lowest BCUT2D eigenvalue weighted by atomic mass is 10.1. The lowest BCUT2D eigenvalue weighted by Crippen LogP contribution is -2.13. The van der Waals surface area contributed by atoms with Crippen molar-refractivity contribution in [1.82, 2.24) is 0 Å². The fourth-order valence-electron chi connectivity index (χ4n) is 2.25. The zero-order valence-corrected chi connectivity index (χ0v) is 15.1. The normalized spacial score (nSPS) is 10.8. The first kappa shape index (κ1) is 18.3. The molecule has 0 aromatic heterocycles. The van der Waals surface area contributed by atoms with Crippen LogP contribution in [-0.4, -0.2) is 19.1 Å².